The van der Waals surface area contributed by atoms with Gasteiger partial charge >= 0.3 is 0 Å². The number of anilines is 1. The summed E-state index contributed by atoms with van der Waals surface area (Å²) in [5.74, 6) is -0.0725. The fraction of sp³-hybridized carbons (Fsp3) is 0.368. The summed E-state index contributed by atoms with van der Waals surface area (Å²) in [6.45, 7) is 2.38. The van der Waals surface area contributed by atoms with E-state index in [1.807, 2.05) is 30.1 Å². The maximum absolute atomic E-state index is 12.4. The molecule has 1 atom stereocenters. The second-order valence-electron chi connectivity index (χ2n) is 6.22. The summed E-state index contributed by atoms with van der Waals surface area (Å²) < 4.78 is 0. The van der Waals surface area contributed by atoms with Gasteiger partial charge in [0.05, 0.1) is 12.1 Å². The number of nitrogens with zero attached hydrogens (tertiary/aromatic N) is 2. The summed E-state index contributed by atoms with van der Waals surface area (Å²) in [7, 11) is 1.94. The van der Waals surface area contributed by atoms with Crippen molar-refractivity contribution in [3.05, 3.63) is 51.9 Å². The molecule has 1 heterocycles. The van der Waals surface area contributed by atoms with Crippen molar-refractivity contribution in [2.45, 2.75) is 32.2 Å². The van der Waals surface area contributed by atoms with Crippen molar-refractivity contribution in [3.8, 4) is 6.07 Å². The molecule has 3 rings (SSSR count). The molecule has 1 aliphatic carbocycles. The molecule has 0 aliphatic heterocycles. The van der Waals surface area contributed by atoms with Gasteiger partial charge in [0.15, 0.2) is 0 Å². The third-order valence-corrected chi connectivity index (χ3v) is 5.83. The Morgan fingerprint density at radius 1 is 1.38 bits per heavy atom. The van der Waals surface area contributed by atoms with E-state index in [0.29, 0.717) is 17.1 Å². The molecular weight excluding hydrogens is 318 g/mol. The maximum Gasteiger partial charge on any atom is 0.239 e. The minimum atomic E-state index is -0.0725. The lowest BCUT2D eigenvalue weighted by Gasteiger charge is -2.24. The second-order valence-corrected chi connectivity index (χ2v) is 7.33. The third kappa shape index (κ3) is 3.35. The number of rotatable bonds is 5. The molecule has 0 fully saturated rings. The number of fused-ring (bicyclic) bond motifs is 1. The fourth-order valence-corrected chi connectivity index (χ4v) is 4.38. The number of amides is 1. The Bertz CT molecular complexity index is 776. The van der Waals surface area contributed by atoms with Crippen LogP contribution in [-0.4, -0.2) is 24.4 Å². The molecule has 0 saturated carbocycles. The normalized spacial score (nSPS) is 14.2. The minimum Gasteiger partial charge on any atom is -0.315 e. The van der Waals surface area contributed by atoms with Gasteiger partial charge in [-0.1, -0.05) is 30.3 Å². The summed E-state index contributed by atoms with van der Waals surface area (Å²) in [4.78, 5) is 15.7. The van der Waals surface area contributed by atoms with Gasteiger partial charge in [-0.25, -0.2) is 0 Å². The summed E-state index contributed by atoms with van der Waals surface area (Å²) in [5, 5.41) is 13.1. The maximum atomic E-state index is 12.4. The Morgan fingerprint density at radius 3 is 2.83 bits per heavy atom. The molecule has 24 heavy (non-hydrogen) atoms. The van der Waals surface area contributed by atoms with Crippen molar-refractivity contribution in [1.29, 1.82) is 5.26 Å². The largest absolute Gasteiger partial charge is 0.315 e. The molecule has 0 radical (unpaired) electrons. The zero-order chi connectivity index (χ0) is 17.1. The minimum absolute atomic E-state index is 0.0725. The molecule has 1 aromatic carbocycles. The first kappa shape index (κ1) is 16.7. The van der Waals surface area contributed by atoms with Gasteiger partial charge in [-0.05, 0) is 44.4 Å². The molecule has 1 aliphatic rings. The van der Waals surface area contributed by atoms with E-state index in [9.17, 15) is 10.1 Å². The van der Waals surface area contributed by atoms with Gasteiger partial charge in [0, 0.05) is 10.9 Å². The SMILES string of the molecule is C[C@@H](c1ccccc1)N(C)CC(=O)Nc1sc2c(c1C#N)CCC2. The van der Waals surface area contributed by atoms with Gasteiger partial charge in [-0.15, -0.1) is 11.3 Å². The molecule has 1 amide bonds. The van der Waals surface area contributed by atoms with E-state index in [-0.39, 0.29) is 11.9 Å². The van der Waals surface area contributed by atoms with E-state index >= 15 is 0 Å². The van der Waals surface area contributed by atoms with Crippen LogP contribution < -0.4 is 5.32 Å². The lowest BCUT2D eigenvalue weighted by atomic mass is 10.1. The van der Waals surface area contributed by atoms with Crippen LogP contribution in [0.25, 0.3) is 0 Å². The number of thiophene rings is 1. The molecular formula is C19H21N3OS. The summed E-state index contributed by atoms with van der Waals surface area (Å²) in [6.07, 6.45) is 3.09. The highest BCUT2D eigenvalue weighted by molar-refractivity contribution is 7.16. The van der Waals surface area contributed by atoms with Crippen molar-refractivity contribution >= 4 is 22.2 Å². The molecule has 5 heteroatoms. The molecule has 1 N–H and O–H groups in total. The number of nitrogens with one attached hydrogen (secondary N) is 1. The summed E-state index contributed by atoms with van der Waals surface area (Å²) in [5.41, 5.74) is 2.99. The monoisotopic (exact) mass is 339 g/mol. The number of carbonyl (C=O) groups excluding carboxylic acids is 1. The first-order chi connectivity index (χ1) is 11.6. The third-order valence-electron chi connectivity index (χ3n) is 4.62. The van der Waals surface area contributed by atoms with Crippen molar-refractivity contribution in [3.63, 3.8) is 0 Å². The van der Waals surface area contributed by atoms with Crippen LogP contribution in [0, 0.1) is 11.3 Å². The van der Waals surface area contributed by atoms with Gasteiger partial charge in [0.2, 0.25) is 5.91 Å². The van der Waals surface area contributed by atoms with Gasteiger partial charge in [0.25, 0.3) is 0 Å². The molecule has 2 aromatic rings. The van der Waals surface area contributed by atoms with E-state index in [2.05, 4.69) is 30.4 Å². The number of hydrogen-bond acceptors (Lipinski definition) is 4. The van der Waals surface area contributed by atoms with E-state index in [4.69, 9.17) is 0 Å². The predicted octanol–water partition coefficient (Wildman–Crippen LogP) is 3.74. The lowest BCUT2D eigenvalue weighted by Crippen LogP contribution is -2.32. The zero-order valence-electron chi connectivity index (χ0n) is 14.0. The van der Waals surface area contributed by atoms with Crippen LogP contribution in [0.3, 0.4) is 0 Å². The van der Waals surface area contributed by atoms with Crippen LogP contribution in [0.2, 0.25) is 0 Å². The summed E-state index contributed by atoms with van der Waals surface area (Å²) >= 11 is 1.56. The Morgan fingerprint density at radius 2 is 2.12 bits per heavy atom. The number of benzene rings is 1. The van der Waals surface area contributed by atoms with Crippen molar-refractivity contribution in [1.82, 2.24) is 4.90 Å². The van der Waals surface area contributed by atoms with Crippen LogP contribution in [0.5, 0.6) is 0 Å². The molecule has 4 nitrogen and oxygen atoms in total. The van der Waals surface area contributed by atoms with E-state index in [1.54, 1.807) is 11.3 Å². The lowest BCUT2D eigenvalue weighted by molar-refractivity contribution is -0.117. The standard InChI is InChI=1S/C19H21N3OS/c1-13(14-7-4-3-5-8-14)22(2)12-18(23)21-19-16(11-20)15-9-6-10-17(15)24-19/h3-5,7-8,13H,6,9-10,12H2,1-2H3,(H,21,23)/t13-/m0/s1. The number of nitriles is 1. The van der Waals surface area contributed by atoms with E-state index in [0.717, 1.165) is 24.8 Å². The molecule has 0 bridgehead atoms. The first-order valence-electron chi connectivity index (χ1n) is 8.19. The van der Waals surface area contributed by atoms with Gasteiger partial charge in [-0.3, -0.25) is 9.69 Å². The summed E-state index contributed by atoms with van der Waals surface area (Å²) in [6, 6.07) is 12.6. The zero-order valence-corrected chi connectivity index (χ0v) is 14.8. The van der Waals surface area contributed by atoms with Crippen LogP contribution in [0.15, 0.2) is 30.3 Å². The van der Waals surface area contributed by atoms with E-state index < -0.39 is 0 Å². The van der Waals surface area contributed by atoms with Gasteiger partial charge in [0.1, 0.15) is 11.1 Å². The Kier molecular flexibility index (Phi) is 4.98. The fourth-order valence-electron chi connectivity index (χ4n) is 3.13. The number of aryl methyl sites for hydroxylation is 1. The van der Waals surface area contributed by atoms with Crippen molar-refractivity contribution in [2.24, 2.45) is 0 Å². The van der Waals surface area contributed by atoms with Crippen LogP contribution in [0.4, 0.5) is 5.00 Å². The number of hydrogen-bond donors (Lipinski definition) is 1. The first-order valence-corrected chi connectivity index (χ1v) is 9.01. The highest BCUT2D eigenvalue weighted by Crippen LogP contribution is 2.38. The highest BCUT2D eigenvalue weighted by Gasteiger charge is 2.23. The molecule has 0 unspecified atom stereocenters. The van der Waals surface area contributed by atoms with Crippen molar-refractivity contribution in [2.75, 3.05) is 18.9 Å². The van der Waals surface area contributed by atoms with Crippen LogP contribution in [-0.2, 0) is 17.6 Å². The molecule has 0 spiro atoms. The average molecular weight is 339 g/mol. The topological polar surface area (TPSA) is 56.1 Å². The Balaban J connectivity index is 1.65. The van der Waals surface area contributed by atoms with Crippen molar-refractivity contribution < 1.29 is 4.79 Å². The quantitative estimate of drug-likeness (QED) is 0.903. The molecule has 0 saturated heterocycles. The Labute approximate surface area is 146 Å². The smallest absolute Gasteiger partial charge is 0.239 e. The predicted molar refractivity (Wildman–Crippen MR) is 97.2 cm³/mol. The Hall–Kier alpha value is -2.16. The van der Waals surface area contributed by atoms with Gasteiger partial charge in [-0.2, -0.15) is 5.26 Å². The molecule has 124 valence electrons. The van der Waals surface area contributed by atoms with E-state index in [1.165, 1.54) is 10.4 Å². The molecule has 1 aromatic heterocycles. The van der Waals surface area contributed by atoms with Crippen LogP contribution in [0.1, 0.15) is 41.0 Å². The second kappa shape index (κ2) is 7.16. The highest BCUT2D eigenvalue weighted by atomic mass is 32.1. The number of carbonyl (C=O) groups is 1. The number of likely N-dealkylation sites (N-methyl/N-ethyl adjacent to an activating group) is 1. The average Bonchev–Trinajstić information content (AvgIpc) is 3.15. The van der Waals surface area contributed by atoms with Crippen LogP contribution >= 0.6 is 11.3 Å². The van der Waals surface area contributed by atoms with Gasteiger partial charge < -0.3 is 5.32 Å².